The molecule has 0 N–H and O–H groups in total. The van der Waals surface area contributed by atoms with Crippen molar-refractivity contribution >= 4 is 11.9 Å². The van der Waals surface area contributed by atoms with Crippen molar-refractivity contribution in [2.24, 2.45) is 0 Å². The van der Waals surface area contributed by atoms with E-state index in [1.807, 2.05) is 4.90 Å². The standard InChI is InChI=1S/C14H27NO4/c1-5-9-15(10-6-2)12(14(17)19-8-4)11-13(16)18-7-3/h12H,5-11H2,1-4H3. The van der Waals surface area contributed by atoms with Crippen molar-refractivity contribution in [2.45, 2.75) is 53.0 Å². The van der Waals surface area contributed by atoms with Crippen LogP contribution in [0.5, 0.6) is 0 Å². The molecule has 0 spiro atoms. The Balaban J connectivity index is 4.78. The molecular formula is C14H27NO4. The molecule has 0 aliphatic heterocycles. The predicted octanol–water partition coefficient (Wildman–Crippen LogP) is 1.99. The molecule has 19 heavy (non-hydrogen) atoms. The molecular weight excluding hydrogens is 246 g/mol. The fourth-order valence-electron chi connectivity index (χ4n) is 1.98. The lowest BCUT2D eigenvalue weighted by molar-refractivity contribution is -0.156. The number of esters is 2. The van der Waals surface area contributed by atoms with Crippen molar-refractivity contribution < 1.29 is 19.1 Å². The van der Waals surface area contributed by atoms with E-state index in [-0.39, 0.29) is 18.4 Å². The molecule has 1 atom stereocenters. The number of carbonyl (C=O) groups is 2. The van der Waals surface area contributed by atoms with E-state index in [0.29, 0.717) is 13.2 Å². The quantitative estimate of drug-likeness (QED) is 0.570. The Kier molecular flexibility index (Phi) is 10.2. The maximum Gasteiger partial charge on any atom is 0.323 e. The molecule has 0 heterocycles. The van der Waals surface area contributed by atoms with E-state index in [4.69, 9.17) is 9.47 Å². The SMILES string of the molecule is CCCN(CCC)C(CC(=O)OCC)C(=O)OCC. The highest BCUT2D eigenvalue weighted by Crippen LogP contribution is 2.10. The van der Waals surface area contributed by atoms with Gasteiger partial charge in [-0.15, -0.1) is 0 Å². The smallest absolute Gasteiger partial charge is 0.323 e. The summed E-state index contributed by atoms with van der Waals surface area (Å²) in [4.78, 5) is 25.6. The molecule has 0 aliphatic rings. The van der Waals surface area contributed by atoms with Gasteiger partial charge in [0.05, 0.1) is 19.6 Å². The zero-order valence-corrected chi connectivity index (χ0v) is 12.6. The molecule has 0 fully saturated rings. The second-order valence-corrected chi connectivity index (χ2v) is 4.31. The molecule has 0 radical (unpaired) electrons. The Morgan fingerprint density at radius 2 is 1.47 bits per heavy atom. The van der Waals surface area contributed by atoms with E-state index in [2.05, 4.69) is 13.8 Å². The van der Waals surface area contributed by atoms with Gasteiger partial charge in [-0.3, -0.25) is 14.5 Å². The predicted molar refractivity (Wildman–Crippen MR) is 73.8 cm³/mol. The van der Waals surface area contributed by atoms with Crippen LogP contribution < -0.4 is 0 Å². The van der Waals surface area contributed by atoms with E-state index in [9.17, 15) is 9.59 Å². The zero-order chi connectivity index (χ0) is 14.7. The van der Waals surface area contributed by atoms with Gasteiger partial charge in [0.1, 0.15) is 6.04 Å². The van der Waals surface area contributed by atoms with Crippen molar-refractivity contribution in [1.82, 2.24) is 4.90 Å². The van der Waals surface area contributed by atoms with E-state index in [1.54, 1.807) is 13.8 Å². The van der Waals surface area contributed by atoms with Gasteiger partial charge < -0.3 is 9.47 Å². The van der Waals surface area contributed by atoms with Crippen molar-refractivity contribution in [1.29, 1.82) is 0 Å². The van der Waals surface area contributed by atoms with E-state index >= 15 is 0 Å². The molecule has 5 nitrogen and oxygen atoms in total. The summed E-state index contributed by atoms with van der Waals surface area (Å²) in [5.74, 6) is -0.685. The number of rotatable bonds is 10. The van der Waals surface area contributed by atoms with Gasteiger partial charge in [-0.2, -0.15) is 0 Å². The van der Waals surface area contributed by atoms with Gasteiger partial charge in [0.15, 0.2) is 0 Å². The van der Waals surface area contributed by atoms with Crippen LogP contribution in [0.15, 0.2) is 0 Å². The minimum absolute atomic E-state index is 0.0622. The Hall–Kier alpha value is -1.10. The maximum atomic E-state index is 12.0. The number of carbonyl (C=O) groups excluding carboxylic acids is 2. The number of hydrogen-bond donors (Lipinski definition) is 0. The molecule has 0 saturated heterocycles. The summed E-state index contributed by atoms with van der Waals surface area (Å²) in [6, 6.07) is -0.529. The van der Waals surface area contributed by atoms with Gasteiger partial charge in [-0.25, -0.2) is 0 Å². The highest BCUT2D eigenvalue weighted by molar-refractivity contribution is 5.82. The first kappa shape index (κ1) is 17.9. The molecule has 0 aromatic rings. The van der Waals surface area contributed by atoms with Gasteiger partial charge in [0, 0.05) is 0 Å². The summed E-state index contributed by atoms with van der Waals surface area (Å²) >= 11 is 0. The van der Waals surface area contributed by atoms with Gasteiger partial charge in [0.25, 0.3) is 0 Å². The summed E-state index contributed by atoms with van der Waals surface area (Å²) in [5, 5.41) is 0. The minimum atomic E-state index is -0.529. The normalized spacial score (nSPS) is 12.3. The monoisotopic (exact) mass is 273 g/mol. The van der Waals surface area contributed by atoms with Crippen LogP contribution in [0.1, 0.15) is 47.0 Å². The van der Waals surface area contributed by atoms with E-state index in [0.717, 1.165) is 25.9 Å². The average Bonchev–Trinajstić information content (AvgIpc) is 2.36. The zero-order valence-electron chi connectivity index (χ0n) is 12.6. The van der Waals surface area contributed by atoms with Crippen molar-refractivity contribution in [2.75, 3.05) is 26.3 Å². The maximum absolute atomic E-state index is 12.0. The number of hydrogen-bond acceptors (Lipinski definition) is 5. The largest absolute Gasteiger partial charge is 0.466 e. The first-order valence-corrected chi connectivity index (χ1v) is 7.16. The second kappa shape index (κ2) is 10.8. The summed E-state index contributed by atoms with van der Waals surface area (Å²) in [7, 11) is 0. The Labute approximate surface area is 116 Å². The third-order valence-electron chi connectivity index (χ3n) is 2.69. The summed E-state index contributed by atoms with van der Waals surface area (Å²) in [6.07, 6.45) is 1.92. The highest BCUT2D eigenvalue weighted by atomic mass is 16.5. The fraction of sp³-hybridized carbons (Fsp3) is 0.857. The minimum Gasteiger partial charge on any atom is -0.466 e. The van der Waals surface area contributed by atoms with Crippen LogP contribution in [0.4, 0.5) is 0 Å². The van der Waals surface area contributed by atoms with Gasteiger partial charge in [-0.05, 0) is 39.8 Å². The summed E-state index contributed by atoms with van der Waals surface area (Å²) in [5.41, 5.74) is 0. The van der Waals surface area contributed by atoms with Crippen molar-refractivity contribution in [3.8, 4) is 0 Å². The van der Waals surface area contributed by atoms with Crippen molar-refractivity contribution in [3.63, 3.8) is 0 Å². The molecule has 0 aliphatic carbocycles. The molecule has 0 rings (SSSR count). The van der Waals surface area contributed by atoms with Crippen LogP contribution in [-0.4, -0.2) is 49.2 Å². The van der Waals surface area contributed by atoms with Crippen LogP contribution in [0.2, 0.25) is 0 Å². The lowest BCUT2D eigenvalue weighted by Crippen LogP contribution is -2.44. The third kappa shape index (κ3) is 7.15. The Morgan fingerprint density at radius 3 is 1.89 bits per heavy atom. The van der Waals surface area contributed by atoms with Crippen LogP contribution in [-0.2, 0) is 19.1 Å². The van der Waals surface area contributed by atoms with Gasteiger partial charge in [0.2, 0.25) is 0 Å². The molecule has 1 unspecified atom stereocenters. The molecule has 5 heteroatoms. The lowest BCUT2D eigenvalue weighted by Gasteiger charge is -2.28. The van der Waals surface area contributed by atoms with Gasteiger partial charge in [-0.1, -0.05) is 13.8 Å². The number of nitrogens with zero attached hydrogens (tertiary/aromatic N) is 1. The molecule has 0 aromatic heterocycles. The molecule has 0 bridgehead atoms. The molecule has 0 amide bonds. The number of ether oxygens (including phenoxy) is 2. The molecule has 0 saturated carbocycles. The second-order valence-electron chi connectivity index (χ2n) is 4.31. The van der Waals surface area contributed by atoms with Crippen LogP contribution in [0.25, 0.3) is 0 Å². The summed E-state index contributed by atoms with van der Waals surface area (Å²) in [6.45, 7) is 9.83. The Bertz CT molecular complexity index is 262. The first-order valence-electron chi connectivity index (χ1n) is 7.16. The lowest BCUT2D eigenvalue weighted by atomic mass is 10.1. The third-order valence-corrected chi connectivity index (χ3v) is 2.69. The van der Waals surface area contributed by atoms with E-state index < -0.39 is 6.04 Å². The molecule has 112 valence electrons. The summed E-state index contributed by atoms with van der Waals surface area (Å²) < 4.78 is 10.0. The van der Waals surface area contributed by atoms with Crippen LogP contribution in [0, 0.1) is 0 Å². The topological polar surface area (TPSA) is 55.8 Å². The molecule has 0 aromatic carbocycles. The van der Waals surface area contributed by atoms with Crippen LogP contribution >= 0.6 is 0 Å². The van der Waals surface area contributed by atoms with Crippen molar-refractivity contribution in [3.05, 3.63) is 0 Å². The fourth-order valence-corrected chi connectivity index (χ4v) is 1.98. The van der Waals surface area contributed by atoms with Crippen LogP contribution in [0.3, 0.4) is 0 Å². The Morgan fingerprint density at radius 1 is 0.947 bits per heavy atom. The van der Waals surface area contributed by atoms with Gasteiger partial charge >= 0.3 is 11.9 Å². The van der Waals surface area contributed by atoms with E-state index in [1.165, 1.54) is 0 Å². The first-order chi connectivity index (χ1) is 9.10. The average molecular weight is 273 g/mol. The highest BCUT2D eigenvalue weighted by Gasteiger charge is 2.29.